The Balaban J connectivity index is 2.18. The van der Waals surface area contributed by atoms with Crippen LogP contribution in [-0.4, -0.2) is 19.2 Å². The molecule has 0 bridgehead atoms. The number of halogens is 2. The van der Waals surface area contributed by atoms with E-state index in [1.54, 1.807) is 0 Å². The number of rotatable bonds is 7. The molecule has 2 nitrogen and oxygen atoms in total. The fraction of sp³-hybridized carbons (Fsp3) is 0.538. The Morgan fingerprint density at radius 3 is 2.76 bits per heavy atom. The van der Waals surface area contributed by atoms with Crippen molar-refractivity contribution in [2.75, 3.05) is 13.2 Å². The molecule has 0 saturated carbocycles. The lowest BCUT2D eigenvalue weighted by Crippen LogP contribution is -2.23. The predicted octanol–water partition coefficient (Wildman–Crippen LogP) is 4.26. The monoisotopic (exact) mass is 319 g/mol. The SMILES string of the molecule is CC(C)NCCCCOc1ccc(Cl)cc1Br. The maximum Gasteiger partial charge on any atom is 0.133 e. The summed E-state index contributed by atoms with van der Waals surface area (Å²) in [5.74, 6) is 0.853. The van der Waals surface area contributed by atoms with Crippen LogP contribution in [0.3, 0.4) is 0 Å². The number of nitrogens with one attached hydrogen (secondary N) is 1. The van der Waals surface area contributed by atoms with Crippen molar-refractivity contribution < 1.29 is 4.74 Å². The van der Waals surface area contributed by atoms with E-state index in [0.29, 0.717) is 11.1 Å². The fourth-order valence-corrected chi connectivity index (χ4v) is 2.19. The van der Waals surface area contributed by atoms with E-state index >= 15 is 0 Å². The van der Waals surface area contributed by atoms with E-state index in [1.807, 2.05) is 18.2 Å². The first-order valence-corrected chi connectivity index (χ1v) is 7.08. The maximum absolute atomic E-state index is 5.86. The highest BCUT2D eigenvalue weighted by Crippen LogP contribution is 2.27. The number of unbranched alkanes of at least 4 members (excludes halogenated alkanes) is 1. The van der Waals surface area contributed by atoms with Crippen molar-refractivity contribution in [1.29, 1.82) is 0 Å². The lowest BCUT2D eigenvalue weighted by Gasteiger charge is -2.10. The summed E-state index contributed by atoms with van der Waals surface area (Å²) < 4.78 is 6.57. The minimum atomic E-state index is 0.557. The fourth-order valence-electron chi connectivity index (χ4n) is 1.39. The Bertz CT molecular complexity index is 344. The molecule has 0 fully saturated rings. The van der Waals surface area contributed by atoms with Gasteiger partial charge in [0.2, 0.25) is 0 Å². The quantitative estimate of drug-likeness (QED) is 0.758. The maximum atomic E-state index is 5.86. The first kappa shape index (κ1) is 14.8. The van der Waals surface area contributed by atoms with Gasteiger partial charge in [0.25, 0.3) is 0 Å². The second kappa shape index (κ2) is 7.96. The summed E-state index contributed by atoms with van der Waals surface area (Å²) >= 11 is 9.28. The summed E-state index contributed by atoms with van der Waals surface area (Å²) in [6.07, 6.45) is 2.18. The molecule has 0 radical (unpaired) electrons. The first-order valence-electron chi connectivity index (χ1n) is 5.91. The molecular weight excluding hydrogens is 302 g/mol. The molecule has 0 aliphatic carbocycles. The third-order valence-electron chi connectivity index (χ3n) is 2.28. The van der Waals surface area contributed by atoms with Crippen LogP contribution in [0.25, 0.3) is 0 Å². The van der Waals surface area contributed by atoms with Crippen LogP contribution in [-0.2, 0) is 0 Å². The molecule has 0 aliphatic heterocycles. The van der Waals surface area contributed by atoms with E-state index in [1.165, 1.54) is 0 Å². The molecule has 0 saturated heterocycles. The van der Waals surface area contributed by atoms with E-state index in [9.17, 15) is 0 Å². The molecule has 0 atom stereocenters. The molecule has 17 heavy (non-hydrogen) atoms. The van der Waals surface area contributed by atoms with Crippen molar-refractivity contribution in [1.82, 2.24) is 5.32 Å². The molecule has 1 aromatic rings. The van der Waals surface area contributed by atoms with Gasteiger partial charge in [-0.15, -0.1) is 0 Å². The summed E-state index contributed by atoms with van der Waals surface area (Å²) in [5, 5.41) is 4.09. The minimum absolute atomic E-state index is 0.557. The molecule has 0 aromatic heterocycles. The van der Waals surface area contributed by atoms with Gasteiger partial charge in [-0.05, 0) is 53.5 Å². The number of benzene rings is 1. The molecule has 0 spiro atoms. The summed E-state index contributed by atoms with van der Waals surface area (Å²) in [4.78, 5) is 0. The molecule has 0 unspecified atom stereocenters. The normalized spacial score (nSPS) is 10.9. The van der Waals surface area contributed by atoms with Gasteiger partial charge in [0.05, 0.1) is 11.1 Å². The summed E-state index contributed by atoms with van der Waals surface area (Å²) in [7, 11) is 0. The first-order chi connectivity index (χ1) is 8.09. The van der Waals surface area contributed by atoms with Crippen LogP contribution in [0, 0.1) is 0 Å². The zero-order valence-electron chi connectivity index (χ0n) is 10.3. The number of ether oxygens (including phenoxy) is 1. The Hall–Kier alpha value is -0.250. The van der Waals surface area contributed by atoms with Crippen LogP contribution < -0.4 is 10.1 Å². The van der Waals surface area contributed by atoms with Gasteiger partial charge in [0.15, 0.2) is 0 Å². The highest BCUT2D eigenvalue weighted by Gasteiger charge is 2.01. The van der Waals surface area contributed by atoms with Crippen molar-refractivity contribution in [3.8, 4) is 5.75 Å². The lowest BCUT2D eigenvalue weighted by molar-refractivity contribution is 0.303. The Labute approximate surface area is 117 Å². The average Bonchev–Trinajstić information content (AvgIpc) is 2.25. The van der Waals surface area contributed by atoms with Gasteiger partial charge in [-0.3, -0.25) is 0 Å². The molecule has 1 aromatic carbocycles. The van der Waals surface area contributed by atoms with Crippen LogP contribution >= 0.6 is 27.5 Å². The zero-order valence-corrected chi connectivity index (χ0v) is 12.6. The molecule has 1 N–H and O–H groups in total. The van der Waals surface area contributed by atoms with Crippen LogP contribution in [0.15, 0.2) is 22.7 Å². The topological polar surface area (TPSA) is 21.3 Å². The van der Waals surface area contributed by atoms with Gasteiger partial charge >= 0.3 is 0 Å². The molecular formula is C13H19BrClNO. The summed E-state index contributed by atoms with van der Waals surface area (Å²) in [6, 6.07) is 6.12. The van der Waals surface area contributed by atoms with Gasteiger partial charge in [0, 0.05) is 11.1 Å². The molecule has 4 heteroatoms. The Morgan fingerprint density at radius 2 is 2.12 bits per heavy atom. The lowest BCUT2D eigenvalue weighted by atomic mass is 10.3. The van der Waals surface area contributed by atoms with Crippen molar-refractivity contribution in [3.05, 3.63) is 27.7 Å². The van der Waals surface area contributed by atoms with Crippen molar-refractivity contribution >= 4 is 27.5 Å². The second-order valence-electron chi connectivity index (χ2n) is 4.24. The zero-order chi connectivity index (χ0) is 12.7. The largest absolute Gasteiger partial charge is 0.492 e. The third-order valence-corrected chi connectivity index (χ3v) is 3.13. The van der Waals surface area contributed by atoms with E-state index in [0.717, 1.165) is 36.2 Å². The number of hydrogen-bond donors (Lipinski definition) is 1. The standard InChI is InChI=1S/C13H19BrClNO/c1-10(2)16-7-3-4-8-17-13-6-5-11(15)9-12(13)14/h5-6,9-10,16H,3-4,7-8H2,1-2H3. The Kier molecular flexibility index (Phi) is 6.93. The van der Waals surface area contributed by atoms with Gasteiger partial charge in [-0.25, -0.2) is 0 Å². The average molecular weight is 321 g/mol. The van der Waals surface area contributed by atoms with Crippen LogP contribution in [0.2, 0.25) is 5.02 Å². The van der Waals surface area contributed by atoms with E-state index in [-0.39, 0.29) is 0 Å². The number of hydrogen-bond acceptors (Lipinski definition) is 2. The molecule has 1 rings (SSSR count). The summed E-state index contributed by atoms with van der Waals surface area (Å²) in [5.41, 5.74) is 0. The Morgan fingerprint density at radius 1 is 1.35 bits per heavy atom. The van der Waals surface area contributed by atoms with Gasteiger partial charge in [0.1, 0.15) is 5.75 Å². The highest BCUT2D eigenvalue weighted by molar-refractivity contribution is 9.10. The minimum Gasteiger partial charge on any atom is -0.492 e. The van der Waals surface area contributed by atoms with Crippen molar-refractivity contribution in [3.63, 3.8) is 0 Å². The molecule has 0 aliphatic rings. The highest BCUT2D eigenvalue weighted by atomic mass is 79.9. The van der Waals surface area contributed by atoms with Crippen LogP contribution in [0.5, 0.6) is 5.75 Å². The molecule has 0 amide bonds. The van der Waals surface area contributed by atoms with Crippen molar-refractivity contribution in [2.45, 2.75) is 32.7 Å². The molecule has 96 valence electrons. The van der Waals surface area contributed by atoms with Crippen molar-refractivity contribution in [2.24, 2.45) is 0 Å². The van der Waals surface area contributed by atoms with Gasteiger partial charge < -0.3 is 10.1 Å². The van der Waals surface area contributed by atoms with E-state index in [4.69, 9.17) is 16.3 Å². The van der Waals surface area contributed by atoms with Crippen LogP contribution in [0.1, 0.15) is 26.7 Å². The second-order valence-corrected chi connectivity index (χ2v) is 5.53. The van der Waals surface area contributed by atoms with Gasteiger partial charge in [-0.2, -0.15) is 0 Å². The van der Waals surface area contributed by atoms with E-state index < -0.39 is 0 Å². The third kappa shape index (κ3) is 6.29. The smallest absolute Gasteiger partial charge is 0.133 e. The predicted molar refractivity (Wildman–Crippen MR) is 77.0 cm³/mol. The summed E-state index contributed by atoms with van der Waals surface area (Å²) in [6.45, 7) is 6.09. The van der Waals surface area contributed by atoms with E-state index in [2.05, 4.69) is 35.1 Å². The van der Waals surface area contributed by atoms with Crippen LogP contribution in [0.4, 0.5) is 0 Å². The molecule has 0 heterocycles. The van der Waals surface area contributed by atoms with Gasteiger partial charge in [-0.1, -0.05) is 25.4 Å².